The van der Waals surface area contributed by atoms with Crippen LogP contribution < -0.4 is 0 Å². The van der Waals surface area contributed by atoms with Gasteiger partial charge in [-0.1, -0.05) is 0 Å². The van der Waals surface area contributed by atoms with E-state index in [0.29, 0.717) is 17.7 Å². The lowest BCUT2D eigenvalue weighted by Gasteiger charge is -2.32. The maximum atomic E-state index is 13.5. The zero-order valence-corrected chi connectivity index (χ0v) is 13.4. The van der Waals surface area contributed by atoms with E-state index in [9.17, 15) is 18.3 Å². The van der Waals surface area contributed by atoms with Crippen molar-refractivity contribution in [1.29, 1.82) is 0 Å². The van der Waals surface area contributed by atoms with Crippen LogP contribution in [0.1, 0.15) is 30.9 Å². The van der Waals surface area contributed by atoms with Gasteiger partial charge in [0, 0.05) is 31.8 Å². The van der Waals surface area contributed by atoms with Crippen molar-refractivity contribution in [2.45, 2.75) is 38.5 Å². The fraction of sp³-hybridized carbons (Fsp3) is 0.562. The Bertz CT molecular complexity index is 594. The number of hydrogen-bond donors (Lipinski definition) is 1. The van der Waals surface area contributed by atoms with Crippen molar-refractivity contribution in [2.75, 3.05) is 20.2 Å². The molecule has 1 aliphatic heterocycles. The molecule has 0 amide bonds. The van der Waals surface area contributed by atoms with Gasteiger partial charge in [-0.05, 0) is 38.3 Å². The van der Waals surface area contributed by atoms with Crippen LogP contribution in [0.2, 0.25) is 0 Å². The van der Waals surface area contributed by atoms with Crippen LogP contribution in [0.3, 0.4) is 0 Å². The van der Waals surface area contributed by atoms with Crippen LogP contribution in [0, 0.1) is 6.92 Å². The molecule has 0 bridgehead atoms. The molecule has 1 aromatic rings. The third kappa shape index (κ3) is 3.29. The smallest absolute Gasteiger partial charge is 0.421 e. The summed E-state index contributed by atoms with van der Waals surface area (Å²) in [5.41, 5.74) is -1.67. The van der Waals surface area contributed by atoms with Gasteiger partial charge in [-0.3, -0.25) is 0 Å². The summed E-state index contributed by atoms with van der Waals surface area (Å²) < 4.78 is 45.7. The highest BCUT2D eigenvalue weighted by molar-refractivity contribution is 5.65. The Labute approximate surface area is 133 Å². The maximum Gasteiger partial charge on any atom is 0.421 e. The van der Waals surface area contributed by atoms with Crippen molar-refractivity contribution in [2.24, 2.45) is 4.99 Å². The van der Waals surface area contributed by atoms with Gasteiger partial charge in [0.15, 0.2) is 5.60 Å². The van der Waals surface area contributed by atoms with Crippen LogP contribution in [-0.4, -0.2) is 42.7 Å². The Balaban J connectivity index is 2.45. The van der Waals surface area contributed by atoms with E-state index in [4.69, 9.17) is 4.74 Å². The molecule has 1 heterocycles. The number of halogens is 3. The molecule has 4 nitrogen and oxygen atoms in total. The highest BCUT2D eigenvalue weighted by atomic mass is 19.4. The van der Waals surface area contributed by atoms with Gasteiger partial charge in [0.25, 0.3) is 0 Å². The van der Waals surface area contributed by atoms with Crippen molar-refractivity contribution >= 4 is 12.0 Å². The third-order valence-electron chi connectivity index (χ3n) is 4.12. The van der Waals surface area contributed by atoms with Gasteiger partial charge in [-0.2, -0.15) is 13.2 Å². The van der Waals surface area contributed by atoms with E-state index in [1.807, 2.05) is 18.9 Å². The molecule has 0 aromatic heterocycles. The number of aliphatic imine (C=N–C) groups is 1. The lowest BCUT2D eigenvalue weighted by molar-refractivity contribution is -0.269. The lowest BCUT2D eigenvalue weighted by atomic mass is 9.88. The summed E-state index contributed by atoms with van der Waals surface area (Å²) in [6, 6.07) is 2.59. The van der Waals surface area contributed by atoms with Crippen molar-refractivity contribution in [1.82, 2.24) is 4.90 Å². The van der Waals surface area contributed by atoms with E-state index in [2.05, 4.69) is 4.99 Å². The zero-order chi connectivity index (χ0) is 17.3. The number of ether oxygens (including phenoxy) is 1. The number of alkyl halides is 3. The van der Waals surface area contributed by atoms with Crippen molar-refractivity contribution in [3.63, 3.8) is 0 Å². The van der Waals surface area contributed by atoms with Crippen molar-refractivity contribution < 1.29 is 23.0 Å². The lowest BCUT2D eigenvalue weighted by Crippen LogP contribution is -2.41. The molecular weight excluding hydrogens is 309 g/mol. The number of nitrogens with zero attached hydrogens (tertiary/aromatic N) is 2. The average molecular weight is 330 g/mol. The molecule has 1 aromatic carbocycles. The average Bonchev–Trinajstić information content (AvgIpc) is 2.97. The summed E-state index contributed by atoms with van der Waals surface area (Å²) in [5.74, 6) is -0.443. The third-order valence-corrected chi connectivity index (χ3v) is 4.12. The van der Waals surface area contributed by atoms with Crippen LogP contribution >= 0.6 is 0 Å². The minimum atomic E-state index is -4.58. The molecule has 1 saturated heterocycles. The number of hydrogen-bond acceptors (Lipinski definition) is 3. The number of phenolic OH excluding ortho intramolecular Hbond substituents is 1. The predicted molar refractivity (Wildman–Crippen MR) is 82.2 cm³/mol. The highest BCUT2D eigenvalue weighted by Crippen LogP contribution is 2.52. The van der Waals surface area contributed by atoms with E-state index < -0.39 is 17.5 Å². The quantitative estimate of drug-likeness (QED) is 0.673. The first-order valence-corrected chi connectivity index (χ1v) is 7.50. The number of aryl methyl sites for hydroxylation is 1. The molecule has 2 rings (SSSR count). The molecular formula is C16H21F3N2O2. The summed E-state index contributed by atoms with van der Waals surface area (Å²) in [4.78, 5) is 6.03. The molecule has 1 N–H and O–H groups in total. The molecule has 0 spiro atoms. The van der Waals surface area contributed by atoms with Crippen molar-refractivity contribution in [3.8, 4) is 5.75 Å². The second-order valence-electron chi connectivity index (χ2n) is 5.75. The Morgan fingerprint density at radius 1 is 1.43 bits per heavy atom. The van der Waals surface area contributed by atoms with Gasteiger partial charge in [0.2, 0.25) is 0 Å². The van der Waals surface area contributed by atoms with Crippen LogP contribution in [0.5, 0.6) is 5.75 Å². The molecule has 1 fully saturated rings. The highest BCUT2D eigenvalue weighted by Gasteiger charge is 2.60. The number of benzene rings is 1. The normalized spacial score (nSPS) is 22.0. The molecule has 7 heteroatoms. The first-order valence-electron chi connectivity index (χ1n) is 7.50. The van der Waals surface area contributed by atoms with E-state index in [-0.39, 0.29) is 18.6 Å². The van der Waals surface area contributed by atoms with E-state index in [1.54, 1.807) is 13.3 Å². The fourth-order valence-electron chi connectivity index (χ4n) is 2.62. The summed E-state index contributed by atoms with van der Waals surface area (Å²) in [6.07, 6.45) is -2.89. The van der Waals surface area contributed by atoms with Gasteiger partial charge in [-0.25, -0.2) is 4.99 Å². The van der Waals surface area contributed by atoms with Gasteiger partial charge in [-0.15, -0.1) is 0 Å². The van der Waals surface area contributed by atoms with Gasteiger partial charge in [0.05, 0.1) is 12.0 Å². The SMILES string of the molecule is CCN(C)C=Nc1cc(O)c(C2(C(F)(F)F)CCCO2)cc1C. The van der Waals surface area contributed by atoms with Gasteiger partial charge in [0.1, 0.15) is 5.75 Å². The van der Waals surface area contributed by atoms with Gasteiger partial charge >= 0.3 is 6.18 Å². The van der Waals surface area contributed by atoms with Crippen LogP contribution in [0.25, 0.3) is 0 Å². The molecule has 0 aliphatic carbocycles. The Morgan fingerprint density at radius 2 is 2.13 bits per heavy atom. The maximum absolute atomic E-state index is 13.5. The largest absolute Gasteiger partial charge is 0.507 e. The summed E-state index contributed by atoms with van der Waals surface area (Å²) in [6.45, 7) is 4.39. The number of phenols is 1. The summed E-state index contributed by atoms with van der Waals surface area (Å²) in [5, 5.41) is 10.2. The molecule has 1 unspecified atom stereocenters. The zero-order valence-electron chi connectivity index (χ0n) is 13.4. The monoisotopic (exact) mass is 330 g/mol. The van der Waals surface area contributed by atoms with Crippen LogP contribution in [-0.2, 0) is 10.3 Å². The Kier molecular flexibility index (Phi) is 4.89. The summed E-state index contributed by atoms with van der Waals surface area (Å²) in [7, 11) is 1.83. The Hall–Kier alpha value is -1.76. The van der Waals surface area contributed by atoms with Crippen LogP contribution in [0.4, 0.5) is 18.9 Å². The van der Waals surface area contributed by atoms with E-state index in [0.717, 1.165) is 6.54 Å². The number of rotatable bonds is 4. The van der Waals surface area contributed by atoms with Crippen molar-refractivity contribution in [3.05, 3.63) is 23.3 Å². The molecule has 0 radical (unpaired) electrons. The molecule has 1 aliphatic rings. The standard InChI is InChI=1S/C16H21F3N2O2/c1-4-21(3)10-20-13-9-14(22)12(8-11(13)2)15(16(17,18)19)6-5-7-23-15/h8-10,22H,4-7H2,1-3H3. The fourth-order valence-corrected chi connectivity index (χ4v) is 2.62. The minimum absolute atomic E-state index is 0.0270. The predicted octanol–water partition coefficient (Wildman–Crippen LogP) is 3.88. The van der Waals surface area contributed by atoms with Gasteiger partial charge < -0.3 is 14.7 Å². The molecule has 1 atom stereocenters. The Morgan fingerprint density at radius 3 is 2.65 bits per heavy atom. The summed E-state index contributed by atoms with van der Waals surface area (Å²) >= 11 is 0. The molecule has 23 heavy (non-hydrogen) atoms. The van der Waals surface area contributed by atoms with E-state index in [1.165, 1.54) is 12.1 Å². The first kappa shape index (κ1) is 17.6. The number of aromatic hydroxyl groups is 1. The minimum Gasteiger partial charge on any atom is -0.507 e. The second-order valence-corrected chi connectivity index (χ2v) is 5.75. The topological polar surface area (TPSA) is 45.1 Å². The molecule has 128 valence electrons. The van der Waals surface area contributed by atoms with E-state index >= 15 is 0 Å². The molecule has 0 saturated carbocycles. The second kappa shape index (κ2) is 6.39. The first-order chi connectivity index (χ1) is 10.7. The van der Waals surface area contributed by atoms with Crippen LogP contribution in [0.15, 0.2) is 17.1 Å².